The molecule has 1 aromatic carbocycles. The Morgan fingerprint density at radius 3 is 3.06 bits per heavy atom. The van der Waals surface area contributed by atoms with Crippen LogP contribution in [0.4, 0.5) is 4.39 Å². The molecule has 100 valence electrons. The second-order valence-electron chi connectivity index (χ2n) is 4.87. The van der Waals surface area contributed by atoms with E-state index in [1.165, 1.54) is 6.07 Å². The molecule has 4 heteroatoms. The highest BCUT2D eigenvalue weighted by molar-refractivity contribution is 6.30. The van der Waals surface area contributed by atoms with Crippen LogP contribution in [0.5, 0.6) is 0 Å². The standard InChI is InChI=1S/C14H19ClFNO/c15-12-5-6-14(16)11(9-12)10-17-7-1-3-13(17)4-2-8-18/h5-6,9,13,18H,1-4,7-8,10H2. The van der Waals surface area contributed by atoms with Gasteiger partial charge in [0.05, 0.1) is 0 Å². The summed E-state index contributed by atoms with van der Waals surface area (Å²) in [5.41, 5.74) is 0.665. The first-order valence-corrected chi connectivity index (χ1v) is 6.87. The second-order valence-corrected chi connectivity index (χ2v) is 5.30. The molecule has 0 amide bonds. The van der Waals surface area contributed by atoms with Crippen LogP contribution in [-0.4, -0.2) is 29.2 Å². The number of nitrogens with zero attached hydrogens (tertiary/aromatic N) is 1. The Kier molecular flexibility index (Phi) is 4.98. The molecule has 1 aromatic rings. The molecule has 1 N–H and O–H groups in total. The van der Waals surface area contributed by atoms with Gasteiger partial charge in [0.1, 0.15) is 5.82 Å². The fraction of sp³-hybridized carbons (Fsp3) is 0.571. The maximum Gasteiger partial charge on any atom is 0.127 e. The number of halogens is 2. The van der Waals surface area contributed by atoms with E-state index in [4.69, 9.17) is 16.7 Å². The van der Waals surface area contributed by atoms with E-state index in [1.54, 1.807) is 12.1 Å². The van der Waals surface area contributed by atoms with Gasteiger partial charge in [0.15, 0.2) is 0 Å². The lowest BCUT2D eigenvalue weighted by Gasteiger charge is -2.24. The van der Waals surface area contributed by atoms with Gasteiger partial charge in [-0.2, -0.15) is 0 Å². The van der Waals surface area contributed by atoms with Crippen LogP contribution < -0.4 is 0 Å². The van der Waals surface area contributed by atoms with Gasteiger partial charge in [-0.3, -0.25) is 4.90 Å². The summed E-state index contributed by atoms with van der Waals surface area (Å²) in [7, 11) is 0. The van der Waals surface area contributed by atoms with Crippen LogP contribution in [0.15, 0.2) is 18.2 Å². The van der Waals surface area contributed by atoms with Crippen molar-refractivity contribution in [3.63, 3.8) is 0 Å². The molecule has 18 heavy (non-hydrogen) atoms. The summed E-state index contributed by atoms with van der Waals surface area (Å²) < 4.78 is 13.7. The SMILES string of the molecule is OCCCC1CCCN1Cc1cc(Cl)ccc1F. The molecule has 0 aromatic heterocycles. The van der Waals surface area contributed by atoms with E-state index in [1.807, 2.05) is 0 Å². The van der Waals surface area contributed by atoms with Crippen molar-refractivity contribution in [3.8, 4) is 0 Å². The molecule has 0 radical (unpaired) electrons. The molecule has 0 saturated carbocycles. The van der Waals surface area contributed by atoms with E-state index in [-0.39, 0.29) is 12.4 Å². The Morgan fingerprint density at radius 1 is 1.44 bits per heavy atom. The van der Waals surface area contributed by atoms with Gasteiger partial charge in [0.2, 0.25) is 0 Å². The molecule has 1 aliphatic rings. The van der Waals surface area contributed by atoms with Gasteiger partial charge >= 0.3 is 0 Å². The molecule has 1 saturated heterocycles. The van der Waals surface area contributed by atoms with Crippen molar-refractivity contribution in [2.75, 3.05) is 13.2 Å². The predicted octanol–water partition coefficient (Wildman–Crippen LogP) is 3.22. The number of rotatable bonds is 5. The lowest BCUT2D eigenvalue weighted by molar-refractivity contribution is 0.208. The molecule has 1 fully saturated rings. The largest absolute Gasteiger partial charge is 0.396 e. The molecular weight excluding hydrogens is 253 g/mol. The summed E-state index contributed by atoms with van der Waals surface area (Å²) in [5.74, 6) is -0.188. The maximum absolute atomic E-state index is 13.7. The summed E-state index contributed by atoms with van der Waals surface area (Å²) in [6.07, 6.45) is 4.10. The molecule has 0 bridgehead atoms. The molecule has 2 nitrogen and oxygen atoms in total. The third-order valence-corrected chi connectivity index (χ3v) is 3.81. The van der Waals surface area contributed by atoms with Crippen LogP contribution in [-0.2, 0) is 6.54 Å². The van der Waals surface area contributed by atoms with Crippen LogP contribution in [0.2, 0.25) is 5.02 Å². The first-order valence-electron chi connectivity index (χ1n) is 6.49. The number of aliphatic hydroxyl groups is 1. The molecule has 1 aliphatic heterocycles. The van der Waals surface area contributed by atoms with Crippen LogP contribution in [0.3, 0.4) is 0 Å². The van der Waals surface area contributed by atoms with Crippen molar-refractivity contribution in [3.05, 3.63) is 34.6 Å². The summed E-state index contributed by atoms with van der Waals surface area (Å²) in [4.78, 5) is 2.30. The normalized spacial score (nSPS) is 20.5. The smallest absolute Gasteiger partial charge is 0.127 e. The van der Waals surface area contributed by atoms with E-state index < -0.39 is 0 Å². The average molecular weight is 272 g/mol. The van der Waals surface area contributed by atoms with Crippen molar-refractivity contribution in [1.82, 2.24) is 4.90 Å². The van der Waals surface area contributed by atoms with Gasteiger partial charge in [0, 0.05) is 29.8 Å². The van der Waals surface area contributed by atoms with E-state index in [2.05, 4.69) is 4.90 Å². The third-order valence-electron chi connectivity index (χ3n) is 3.58. The minimum absolute atomic E-state index is 0.188. The van der Waals surface area contributed by atoms with Crippen LogP contribution in [0, 0.1) is 5.82 Å². The number of likely N-dealkylation sites (tertiary alicyclic amines) is 1. The van der Waals surface area contributed by atoms with Crippen molar-refractivity contribution >= 4 is 11.6 Å². The van der Waals surface area contributed by atoms with Crippen LogP contribution >= 0.6 is 11.6 Å². The summed E-state index contributed by atoms with van der Waals surface area (Å²) in [6, 6.07) is 5.18. The zero-order chi connectivity index (χ0) is 13.0. The molecular formula is C14H19ClFNO. The zero-order valence-electron chi connectivity index (χ0n) is 10.4. The predicted molar refractivity (Wildman–Crippen MR) is 71.2 cm³/mol. The summed E-state index contributed by atoms with van der Waals surface area (Å²) in [5, 5.41) is 9.47. The van der Waals surface area contributed by atoms with E-state index in [9.17, 15) is 4.39 Å². The lowest BCUT2D eigenvalue weighted by atomic mass is 10.1. The number of hydrogen-bond acceptors (Lipinski definition) is 2. The van der Waals surface area contributed by atoms with Gasteiger partial charge in [-0.15, -0.1) is 0 Å². The highest BCUT2D eigenvalue weighted by Crippen LogP contribution is 2.25. The van der Waals surface area contributed by atoms with Gasteiger partial charge in [-0.05, 0) is 50.4 Å². The summed E-state index contributed by atoms with van der Waals surface area (Å²) >= 11 is 5.90. The fourth-order valence-electron chi connectivity index (χ4n) is 2.64. The van der Waals surface area contributed by atoms with Crippen LogP contribution in [0.25, 0.3) is 0 Å². The third kappa shape index (κ3) is 3.44. The van der Waals surface area contributed by atoms with Gasteiger partial charge in [0.25, 0.3) is 0 Å². The topological polar surface area (TPSA) is 23.5 Å². The van der Waals surface area contributed by atoms with E-state index >= 15 is 0 Å². The molecule has 1 heterocycles. The Bertz CT molecular complexity index is 399. The van der Waals surface area contributed by atoms with Crippen LogP contribution in [0.1, 0.15) is 31.2 Å². The number of hydrogen-bond donors (Lipinski definition) is 1. The molecule has 0 spiro atoms. The monoisotopic (exact) mass is 271 g/mol. The molecule has 1 atom stereocenters. The Labute approximate surface area is 112 Å². The van der Waals surface area contributed by atoms with Crippen molar-refractivity contribution in [1.29, 1.82) is 0 Å². The Morgan fingerprint density at radius 2 is 2.28 bits per heavy atom. The number of aliphatic hydroxyl groups excluding tert-OH is 1. The Balaban J connectivity index is 2.01. The van der Waals surface area contributed by atoms with Gasteiger partial charge in [-0.1, -0.05) is 11.6 Å². The van der Waals surface area contributed by atoms with E-state index in [0.717, 1.165) is 32.2 Å². The second kappa shape index (κ2) is 6.50. The average Bonchev–Trinajstić information content (AvgIpc) is 2.79. The van der Waals surface area contributed by atoms with Crippen molar-refractivity contribution in [2.24, 2.45) is 0 Å². The van der Waals surface area contributed by atoms with Gasteiger partial charge < -0.3 is 5.11 Å². The minimum atomic E-state index is -0.188. The molecule has 1 unspecified atom stereocenters. The summed E-state index contributed by atoms with van der Waals surface area (Å²) in [6.45, 7) is 1.85. The first kappa shape index (κ1) is 13.8. The zero-order valence-corrected chi connectivity index (χ0v) is 11.2. The maximum atomic E-state index is 13.7. The van der Waals surface area contributed by atoms with Gasteiger partial charge in [-0.25, -0.2) is 4.39 Å². The first-order chi connectivity index (χ1) is 8.70. The van der Waals surface area contributed by atoms with Crippen molar-refractivity contribution in [2.45, 2.75) is 38.3 Å². The number of benzene rings is 1. The molecule has 0 aliphatic carbocycles. The lowest BCUT2D eigenvalue weighted by Crippen LogP contribution is -2.29. The fourth-order valence-corrected chi connectivity index (χ4v) is 2.84. The van der Waals surface area contributed by atoms with E-state index in [0.29, 0.717) is 23.2 Å². The van der Waals surface area contributed by atoms with Crippen molar-refractivity contribution < 1.29 is 9.50 Å². The molecule has 2 rings (SSSR count). The highest BCUT2D eigenvalue weighted by Gasteiger charge is 2.24. The quantitative estimate of drug-likeness (QED) is 0.889. The Hall–Kier alpha value is -0.640. The minimum Gasteiger partial charge on any atom is -0.396 e. The highest BCUT2D eigenvalue weighted by atomic mass is 35.5.